The van der Waals surface area contributed by atoms with E-state index in [0.29, 0.717) is 24.3 Å². The van der Waals surface area contributed by atoms with Gasteiger partial charge in [0, 0.05) is 28.8 Å². The summed E-state index contributed by atoms with van der Waals surface area (Å²) < 4.78 is 28.0. The normalized spacial score (nSPS) is 12.6. The Balaban J connectivity index is 2.23. The second kappa shape index (κ2) is 8.75. The predicted molar refractivity (Wildman–Crippen MR) is 106 cm³/mol. The monoisotopic (exact) mass is 439 g/mol. The van der Waals surface area contributed by atoms with Crippen LogP contribution >= 0.6 is 15.9 Å². The van der Waals surface area contributed by atoms with Crippen LogP contribution in [0.4, 0.5) is 5.82 Å². The Labute approximate surface area is 162 Å². The van der Waals surface area contributed by atoms with Gasteiger partial charge < -0.3 is 0 Å². The summed E-state index contributed by atoms with van der Waals surface area (Å²) in [7, 11) is -3.59. The molecule has 1 amide bonds. The van der Waals surface area contributed by atoms with E-state index >= 15 is 0 Å². The molecule has 1 aromatic carbocycles. The minimum atomic E-state index is -3.59. The third-order valence-corrected chi connectivity index (χ3v) is 6.00. The molecule has 0 fully saturated rings. The molecule has 0 radical (unpaired) electrons. The van der Waals surface area contributed by atoms with E-state index in [4.69, 9.17) is 0 Å². The molecule has 1 atom stereocenters. The molecule has 0 saturated heterocycles. The van der Waals surface area contributed by atoms with Crippen LogP contribution in [0, 0.1) is 0 Å². The number of sulfonamides is 1. The number of rotatable bonds is 7. The Morgan fingerprint density at radius 1 is 1.19 bits per heavy atom. The smallest absolute Gasteiger partial charge is 0.259 e. The summed E-state index contributed by atoms with van der Waals surface area (Å²) in [6.07, 6.45) is 2.32. The van der Waals surface area contributed by atoms with Gasteiger partial charge in [-0.05, 0) is 72.6 Å². The number of carbonyl (C=O) groups is 1. The van der Waals surface area contributed by atoms with Crippen LogP contribution in [0.2, 0.25) is 0 Å². The number of carbonyl (C=O) groups excluding carboxylic acids is 1. The van der Waals surface area contributed by atoms with Gasteiger partial charge in [0.25, 0.3) is 5.91 Å². The van der Waals surface area contributed by atoms with E-state index in [9.17, 15) is 13.2 Å². The number of benzene rings is 1. The molecule has 0 aliphatic carbocycles. The average Bonchev–Trinajstić information content (AvgIpc) is 2.63. The highest BCUT2D eigenvalue weighted by Gasteiger charge is 2.20. The third-order valence-electron chi connectivity index (χ3n) is 3.93. The van der Waals surface area contributed by atoms with Gasteiger partial charge in [0.15, 0.2) is 0 Å². The molecule has 1 aromatic heterocycles. The fraction of sp³-hybridized carbons (Fsp3) is 0.333. The molecule has 2 rings (SSSR count). The van der Waals surface area contributed by atoms with Crippen molar-refractivity contribution in [2.24, 2.45) is 0 Å². The molecule has 0 aliphatic rings. The van der Waals surface area contributed by atoms with Crippen molar-refractivity contribution < 1.29 is 13.2 Å². The Kier molecular flexibility index (Phi) is 6.91. The lowest BCUT2D eigenvalue weighted by molar-refractivity contribution is 0.0987. The standard InChI is InChI=1S/C18H22BrN3O3S/c1-4-13(3)21-26(24,25)16-9-6-14(7-10-16)18(23)22(5-2)17-11-8-15(19)12-20-17/h6-13,21H,4-5H2,1-3H3. The zero-order valence-corrected chi connectivity index (χ0v) is 17.3. The first-order chi connectivity index (χ1) is 12.3. The molecule has 0 bridgehead atoms. The Bertz CT molecular complexity index is 852. The maximum absolute atomic E-state index is 12.8. The van der Waals surface area contributed by atoms with E-state index in [0.717, 1.165) is 4.47 Å². The summed E-state index contributed by atoms with van der Waals surface area (Å²) >= 11 is 3.32. The summed E-state index contributed by atoms with van der Waals surface area (Å²) in [6.45, 7) is 6.02. The second-order valence-electron chi connectivity index (χ2n) is 5.84. The Hall–Kier alpha value is -1.77. The van der Waals surface area contributed by atoms with E-state index in [1.165, 1.54) is 29.2 Å². The summed E-state index contributed by atoms with van der Waals surface area (Å²) in [5, 5.41) is 0. The number of nitrogens with zero attached hydrogens (tertiary/aromatic N) is 2. The van der Waals surface area contributed by atoms with E-state index in [1.807, 2.05) is 19.9 Å². The van der Waals surface area contributed by atoms with Gasteiger partial charge in [-0.2, -0.15) is 0 Å². The number of amides is 1. The van der Waals surface area contributed by atoms with Gasteiger partial charge in [-0.25, -0.2) is 18.1 Å². The van der Waals surface area contributed by atoms with Crippen molar-refractivity contribution in [2.45, 2.75) is 38.1 Å². The number of nitrogens with one attached hydrogen (secondary N) is 1. The molecule has 1 unspecified atom stereocenters. The fourth-order valence-electron chi connectivity index (χ4n) is 2.29. The first-order valence-corrected chi connectivity index (χ1v) is 10.6. The first kappa shape index (κ1) is 20.5. The molecule has 1 N–H and O–H groups in total. The largest absolute Gasteiger partial charge is 0.293 e. The molecule has 26 heavy (non-hydrogen) atoms. The van der Waals surface area contributed by atoms with Crippen LogP contribution in [0.5, 0.6) is 0 Å². The quantitative estimate of drug-likeness (QED) is 0.714. The van der Waals surface area contributed by atoms with Crippen LogP contribution < -0.4 is 9.62 Å². The lowest BCUT2D eigenvalue weighted by Gasteiger charge is -2.20. The topological polar surface area (TPSA) is 79.4 Å². The minimum absolute atomic E-state index is 0.138. The van der Waals surface area contributed by atoms with E-state index in [2.05, 4.69) is 25.6 Å². The van der Waals surface area contributed by atoms with Crippen LogP contribution in [0.1, 0.15) is 37.6 Å². The lowest BCUT2D eigenvalue weighted by atomic mass is 10.2. The van der Waals surface area contributed by atoms with Gasteiger partial charge in [-0.3, -0.25) is 9.69 Å². The van der Waals surface area contributed by atoms with Crippen LogP contribution in [0.3, 0.4) is 0 Å². The average molecular weight is 440 g/mol. The fourth-order valence-corrected chi connectivity index (χ4v) is 3.85. The second-order valence-corrected chi connectivity index (χ2v) is 8.47. The van der Waals surface area contributed by atoms with Gasteiger partial charge in [-0.1, -0.05) is 6.92 Å². The van der Waals surface area contributed by atoms with E-state index < -0.39 is 10.0 Å². The SMILES string of the molecule is CCC(C)NS(=O)(=O)c1ccc(C(=O)N(CC)c2ccc(Br)cn2)cc1. The first-order valence-electron chi connectivity index (χ1n) is 8.34. The number of hydrogen-bond acceptors (Lipinski definition) is 4. The van der Waals surface area contributed by atoms with Gasteiger partial charge in [0.05, 0.1) is 4.90 Å². The summed E-state index contributed by atoms with van der Waals surface area (Å²) in [4.78, 5) is 18.7. The van der Waals surface area contributed by atoms with Crippen LogP contribution in [0.15, 0.2) is 52.0 Å². The van der Waals surface area contributed by atoms with Crippen molar-refractivity contribution in [3.63, 3.8) is 0 Å². The maximum Gasteiger partial charge on any atom is 0.259 e. The number of aromatic nitrogens is 1. The van der Waals surface area contributed by atoms with Crippen molar-refractivity contribution in [3.05, 3.63) is 52.6 Å². The van der Waals surface area contributed by atoms with Crippen molar-refractivity contribution in [2.75, 3.05) is 11.4 Å². The highest BCUT2D eigenvalue weighted by Crippen LogP contribution is 2.18. The summed E-state index contributed by atoms with van der Waals surface area (Å²) in [6, 6.07) is 9.35. The summed E-state index contributed by atoms with van der Waals surface area (Å²) in [5.74, 6) is 0.303. The predicted octanol–water partition coefficient (Wildman–Crippen LogP) is 3.59. The molecular weight excluding hydrogens is 418 g/mol. The van der Waals surface area contributed by atoms with Crippen molar-refractivity contribution >= 4 is 37.7 Å². The summed E-state index contributed by atoms with van der Waals surface area (Å²) in [5.41, 5.74) is 0.402. The molecule has 6 nitrogen and oxygen atoms in total. The van der Waals surface area contributed by atoms with E-state index in [-0.39, 0.29) is 16.8 Å². The molecule has 2 aromatic rings. The molecule has 140 valence electrons. The minimum Gasteiger partial charge on any atom is -0.293 e. The zero-order valence-electron chi connectivity index (χ0n) is 14.9. The Morgan fingerprint density at radius 3 is 2.35 bits per heavy atom. The number of halogens is 1. The third kappa shape index (κ3) is 4.90. The van der Waals surface area contributed by atoms with E-state index in [1.54, 1.807) is 19.2 Å². The molecular formula is C18H22BrN3O3S. The number of pyridine rings is 1. The maximum atomic E-state index is 12.8. The number of anilines is 1. The van der Waals surface area contributed by atoms with Crippen LogP contribution in [-0.2, 0) is 10.0 Å². The van der Waals surface area contributed by atoms with Crippen molar-refractivity contribution in [1.82, 2.24) is 9.71 Å². The number of hydrogen-bond donors (Lipinski definition) is 1. The molecule has 1 heterocycles. The van der Waals surface area contributed by atoms with Gasteiger partial charge in [0.1, 0.15) is 5.82 Å². The van der Waals surface area contributed by atoms with Crippen LogP contribution in [0.25, 0.3) is 0 Å². The van der Waals surface area contributed by atoms with Gasteiger partial charge in [-0.15, -0.1) is 0 Å². The van der Waals surface area contributed by atoms with Crippen molar-refractivity contribution in [3.8, 4) is 0 Å². The molecule has 0 spiro atoms. The molecule has 8 heteroatoms. The van der Waals surface area contributed by atoms with Crippen LogP contribution in [-0.4, -0.2) is 31.9 Å². The van der Waals surface area contributed by atoms with Crippen molar-refractivity contribution in [1.29, 1.82) is 0 Å². The van der Waals surface area contributed by atoms with Gasteiger partial charge >= 0.3 is 0 Å². The van der Waals surface area contributed by atoms with Gasteiger partial charge in [0.2, 0.25) is 10.0 Å². The zero-order chi connectivity index (χ0) is 19.3. The highest BCUT2D eigenvalue weighted by molar-refractivity contribution is 9.10. The molecule has 0 aliphatic heterocycles. The Morgan fingerprint density at radius 2 is 1.85 bits per heavy atom. The highest BCUT2D eigenvalue weighted by atomic mass is 79.9. The lowest BCUT2D eigenvalue weighted by Crippen LogP contribution is -2.32. The molecule has 0 saturated carbocycles.